The van der Waals surface area contributed by atoms with Crippen molar-refractivity contribution < 1.29 is 0 Å². The van der Waals surface area contributed by atoms with Gasteiger partial charge in [0.05, 0.1) is 6.07 Å². The summed E-state index contributed by atoms with van der Waals surface area (Å²) in [6.07, 6.45) is 9.92. The van der Waals surface area contributed by atoms with E-state index in [9.17, 15) is 5.26 Å². The van der Waals surface area contributed by atoms with Crippen molar-refractivity contribution in [2.24, 2.45) is 0 Å². The molecule has 0 aromatic carbocycles. The second-order valence-corrected chi connectivity index (χ2v) is 5.38. The molecule has 22 heavy (non-hydrogen) atoms. The maximum atomic E-state index is 9.57. The first kappa shape index (κ1) is 14.3. The lowest BCUT2D eigenvalue weighted by atomic mass is 9.83. The predicted molar refractivity (Wildman–Crippen MR) is 81.5 cm³/mol. The van der Waals surface area contributed by atoms with Crippen molar-refractivity contribution in [3.05, 3.63) is 18.7 Å². The van der Waals surface area contributed by atoms with Crippen LogP contribution in [-0.2, 0) is 0 Å². The van der Waals surface area contributed by atoms with Gasteiger partial charge in [0.2, 0.25) is 17.8 Å². The molecule has 2 heterocycles. The zero-order chi connectivity index (χ0) is 15.4. The van der Waals surface area contributed by atoms with Gasteiger partial charge in [0, 0.05) is 19.4 Å². The number of aromatic nitrogens is 5. The first-order chi connectivity index (χ1) is 10.7. The van der Waals surface area contributed by atoms with Crippen molar-refractivity contribution in [2.75, 3.05) is 17.7 Å². The second kappa shape index (κ2) is 5.97. The Morgan fingerprint density at radius 1 is 1.18 bits per heavy atom. The van der Waals surface area contributed by atoms with Gasteiger partial charge in [-0.3, -0.25) is 4.57 Å². The van der Waals surface area contributed by atoms with Gasteiger partial charge in [0.1, 0.15) is 11.9 Å². The van der Waals surface area contributed by atoms with Crippen LogP contribution in [0, 0.1) is 11.3 Å². The number of imidazole rings is 1. The lowest BCUT2D eigenvalue weighted by molar-refractivity contribution is 0.390. The normalized spacial score (nSPS) is 16.7. The van der Waals surface area contributed by atoms with E-state index in [1.54, 1.807) is 30.3 Å². The van der Waals surface area contributed by atoms with E-state index in [4.69, 9.17) is 0 Å². The number of rotatable bonds is 4. The van der Waals surface area contributed by atoms with Crippen molar-refractivity contribution >= 4 is 11.9 Å². The van der Waals surface area contributed by atoms with Crippen LogP contribution in [0.2, 0.25) is 0 Å². The van der Waals surface area contributed by atoms with E-state index in [-0.39, 0.29) is 0 Å². The standard InChI is InChI=1S/C14H18N8/c1-16-11-18-12(20-13(19-11)22-8-7-17-10-22)21-14(9-15)5-3-2-4-6-14/h7-8,10H,2-6H2,1H3,(H2,16,18,19,20,21). The summed E-state index contributed by atoms with van der Waals surface area (Å²) in [6.45, 7) is 0. The number of hydrogen-bond donors (Lipinski definition) is 2. The van der Waals surface area contributed by atoms with E-state index in [0.717, 1.165) is 25.7 Å². The van der Waals surface area contributed by atoms with Gasteiger partial charge >= 0.3 is 0 Å². The summed E-state index contributed by atoms with van der Waals surface area (Å²) in [5.74, 6) is 1.32. The summed E-state index contributed by atoms with van der Waals surface area (Å²) in [5, 5.41) is 15.7. The average Bonchev–Trinajstić information content (AvgIpc) is 3.10. The molecule has 0 radical (unpaired) electrons. The lowest BCUT2D eigenvalue weighted by Crippen LogP contribution is -2.39. The number of nitrogens with zero attached hydrogens (tertiary/aromatic N) is 6. The van der Waals surface area contributed by atoms with Crippen LogP contribution in [0.1, 0.15) is 32.1 Å². The van der Waals surface area contributed by atoms with Crippen molar-refractivity contribution in [3.63, 3.8) is 0 Å². The summed E-state index contributed by atoms with van der Waals surface area (Å²) < 4.78 is 1.70. The highest BCUT2D eigenvalue weighted by Gasteiger charge is 2.33. The fourth-order valence-corrected chi connectivity index (χ4v) is 2.66. The highest BCUT2D eigenvalue weighted by Crippen LogP contribution is 2.30. The van der Waals surface area contributed by atoms with Gasteiger partial charge in [0.15, 0.2) is 0 Å². The van der Waals surface area contributed by atoms with Crippen molar-refractivity contribution in [1.82, 2.24) is 24.5 Å². The number of anilines is 2. The van der Waals surface area contributed by atoms with Gasteiger partial charge in [0.25, 0.3) is 0 Å². The van der Waals surface area contributed by atoms with Gasteiger partial charge in [-0.15, -0.1) is 0 Å². The molecular formula is C14H18N8. The second-order valence-electron chi connectivity index (χ2n) is 5.38. The highest BCUT2D eigenvalue weighted by atomic mass is 15.3. The number of nitrogens with one attached hydrogen (secondary N) is 2. The van der Waals surface area contributed by atoms with Gasteiger partial charge in [-0.1, -0.05) is 19.3 Å². The summed E-state index contributed by atoms with van der Waals surface area (Å²) in [7, 11) is 1.75. The first-order valence-electron chi connectivity index (χ1n) is 7.36. The number of hydrogen-bond acceptors (Lipinski definition) is 7. The molecule has 2 N–H and O–H groups in total. The Balaban J connectivity index is 1.93. The molecule has 0 aliphatic heterocycles. The molecule has 3 rings (SSSR count). The Morgan fingerprint density at radius 3 is 2.59 bits per heavy atom. The molecular weight excluding hydrogens is 280 g/mol. The van der Waals surface area contributed by atoms with Crippen LogP contribution in [0.5, 0.6) is 0 Å². The van der Waals surface area contributed by atoms with Gasteiger partial charge < -0.3 is 10.6 Å². The van der Waals surface area contributed by atoms with Crippen molar-refractivity contribution in [2.45, 2.75) is 37.6 Å². The lowest BCUT2D eigenvalue weighted by Gasteiger charge is -2.31. The minimum atomic E-state index is -0.586. The quantitative estimate of drug-likeness (QED) is 0.885. The van der Waals surface area contributed by atoms with Gasteiger partial charge in [-0.2, -0.15) is 20.2 Å². The summed E-state index contributed by atoms with van der Waals surface area (Å²) in [6, 6.07) is 2.41. The SMILES string of the molecule is CNc1nc(NC2(C#N)CCCCC2)nc(-n2ccnc2)n1. The molecule has 0 bridgehead atoms. The molecule has 1 aliphatic rings. The maximum Gasteiger partial charge on any atom is 0.241 e. The Morgan fingerprint density at radius 2 is 1.95 bits per heavy atom. The van der Waals surface area contributed by atoms with Gasteiger partial charge in [-0.05, 0) is 12.8 Å². The molecule has 0 atom stereocenters. The Hall–Kier alpha value is -2.69. The third kappa shape index (κ3) is 2.83. The smallest absolute Gasteiger partial charge is 0.241 e. The van der Waals surface area contributed by atoms with E-state index < -0.39 is 5.54 Å². The van der Waals surface area contributed by atoms with Crippen LogP contribution in [0.4, 0.5) is 11.9 Å². The molecule has 0 spiro atoms. The van der Waals surface area contributed by atoms with Crippen molar-refractivity contribution in [3.8, 4) is 12.0 Å². The molecule has 8 nitrogen and oxygen atoms in total. The fourth-order valence-electron chi connectivity index (χ4n) is 2.66. The van der Waals surface area contributed by atoms with Gasteiger partial charge in [-0.25, -0.2) is 4.98 Å². The van der Waals surface area contributed by atoms with Crippen LogP contribution < -0.4 is 10.6 Å². The largest absolute Gasteiger partial charge is 0.357 e. The molecule has 2 aromatic rings. The third-order valence-corrected chi connectivity index (χ3v) is 3.85. The van der Waals surface area contributed by atoms with E-state index in [2.05, 4.69) is 36.6 Å². The van der Waals surface area contributed by atoms with Crippen LogP contribution in [0.15, 0.2) is 18.7 Å². The van der Waals surface area contributed by atoms with Crippen LogP contribution in [0.25, 0.3) is 5.95 Å². The molecule has 2 aromatic heterocycles. The minimum Gasteiger partial charge on any atom is -0.357 e. The van der Waals surface area contributed by atoms with E-state index in [0.29, 0.717) is 17.8 Å². The summed E-state index contributed by atoms with van der Waals surface area (Å²) in [4.78, 5) is 17.0. The fraction of sp³-hybridized carbons (Fsp3) is 0.500. The Labute approximate surface area is 128 Å². The molecule has 1 saturated carbocycles. The molecule has 1 aliphatic carbocycles. The van der Waals surface area contributed by atoms with Crippen LogP contribution in [-0.4, -0.2) is 37.1 Å². The maximum absolute atomic E-state index is 9.57. The van der Waals surface area contributed by atoms with E-state index >= 15 is 0 Å². The summed E-state index contributed by atoms with van der Waals surface area (Å²) in [5.41, 5.74) is -0.586. The topological polar surface area (TPSA) is 104 Å². The molecule has 1 fully saturated rings. The minimum absolute atomic E-state index is 0.409. The Bertz CT molecular complexity index is 667. The predicted octanol–water partition coefficient (Wildman–Crippen LogP) is 1.74. The zero-order valence-corrected chi connectivity index (χ0v) is 12.5. The highest BCUT2D eigenvalue weighted by molar-refractivity contribution is 5.41. The summed E-state index contributed by atoms with van der Waals surface area (Å²) >= 11 is 0. The van der Waals surface area contributed by atoms with Crippen LogP contribution in [0.3, 0.4) is 0 Å². The van der Waals surface area contributed by atoms with Crippen molar-refractivity contribution in [1.29, 1.82) is 5.26 Å². The first-order valence-corrected chi connectivity index (χ1v) is 7.36. The third-order valence-electron chi connectivity index (χ3n) is 3.85. The van der Waals surface area contributed by atoms with Crippen LogP contribution >= 0.6 is 0 Å². The van der Waals surface area contributed by atoms with E-state index in [1.807, 2.05) is 0 Å². The Kier molecular flexibility index (Phi) is 3.87. The number of nitriles is 1. The monoisotopic (exact) mass is 298 g/mol. The molecule has 0 unspecified atom stereocenters. The average molecular weight is 298 g/mol. The van der Waals surface area contributed by atoms with E-state index in [1.165, 1.54) is 6.42 Å². The molecule has 114 valence electrons. The zero-order valence-electron chi connectivity index (χ0n) is 12.5. The molecule has 0 saturated heterocycles. The molecule has 8 heteroatoms. The molecule has 0 amide bonds.